The van der Waals surface area contributed by atoms with Gasteiger partial charge < -0.3 is 15.4 Å². The molecular weight excluding hydrogens is 300 g/mol. The quantitative estimate of drug-likeness (QED) is 0.785. The minimum atomic E-state index is -0.126. The van der Waals surface area contributed by atoms with Crippen molar-refractivity contribution in [2.45, 2.75) is 24.8 Å². The van der Waals surface area contributed by atoms with Crippen LogP contribution in [0.25, 0.3) is 0 Å². The number of ether oxygens (including phenoxy) is 1. The zero-order chi connectivity index (χ0) is 16.8. The van der Waals surface area contributed by atoms with Crippen molar-refractivity contribution in [3.8, 4) is 5.75 Å². The van der Waals surface area contributed by atoms with Crippen LogP contribution >= 0.6 is 0 Å². The molecule has 0 aromatic heterocycles. The molecule has 24 heavy (non-hydrogen) atoms. The van der Waals surface area contributed by atoms with Crippen molar-refractivity contribution in [1.29, 1.82) is 0 Å². The van der Waals surface area contributed by atoms with Crippen LogP contribution in [0.5, 0.6) is 5.75 Å². The lowest BCUT2D eigenvalue weighted by Gasteiger charge is -2.17. The fourth-order valence-corrected chi connectivity index (χ4v) is 2.95. The molecule has 0 heterocycles. The van der Waals surface area contributed by atoms with E-state index >= 15 is 0 Å². The molecule has 1 saturated carbocycles. The first kappa shape index (κ1) is 16.5. The summed E-state index contributed by atoms with van der Waals surface area (Å²) >= 11 is 0. The van der Waals surface area contributed by atoms with Crippen molar-refractivity contribution < 1.29 is 9.53 Å². The largest absolute Gasteiger partial charge is 0.483 e. The van der Waals surface area contributed by atoms with Crippen LogP contribution in [0.15, 0.2) is 54.6 Å². The van der Waals surface area contributed by atoms with E-state index in [9.17, 15) is 4.79 Å². The molecule has 4 heteroatoms. The fraction of sp³-hybridized carbons (Fsp3) is 0.350. The second-order valence-electron chi connectivity index (χ2n) is 6.32. The molecule has 1 aliphatic carbocycles. The molecule has 2 aromatic carbocycles. The summed E-state index contributed by atoms with van der Waals surface area (Å²) in [5, 5.41) is 6.13. The number of para-hydroxylation sites is 1. The Labute approximate surface area is 143 Å². The smallest absolute Gasteiger partial charge is 0.257 e. The Kier molecular flexibility index (Phi) is 5.16. The topological polar surface area (TPSA) is 50.4 Å². The number of benzene rings is 2. The minimum absolute atomic E-state index is 0.0431. The van der Waals surface area contributed by atoms with Crippen molar-refractivity contribution in [3.63, 3.8) is 0 Å². The van der Waals surface area contributed by atoms with Crippen LogP contribution in [0.2, 0.25) is 0 Å². The van der Waals surface area contributed by atoms with Crippen molar-refractivity contribution in [3.05, 3.63) is 65.7 Å². The van der Waals surface area contributed by atoms with Gasteiger partial charge in [0.05, 0.1) is 0 Å². The lowest BCUT2D eigenvalue weighted by Crippen LogP contribution is -2.27. The van der Waals surface area contributed by atoms with Gasteiger partial charge in [-0.1, -0.05) is 48.5 Å². The number of rotatable bonds is 8. The SMILES string of the molecule is CNC(=O)COc1ccccc1CNCC1(c2ccccc2)CC1. The van der Waals surface area contributed by atoms with Crippen LogP contribution in [-0.4, -0.2) is 26.1 Å². The molecule has 3 rings (SSSR count). The average Bonchev–Trinajstić information content (AvgIpc) is 3.42. The zero-order valence-corrected chi connectivity index (χ0v) is 14.0. The molecule has 0 radical (unpaired) electrons. The maximum Gasteiger partial charge on any atom is 0.257 e. The van der Waals surface area contributed by atoms with Gasteiger partial charge in [-0.3, -0.25) is 4.79 Å². The van der Waals surface area contributed by atoms with Crippen molar-refractivity contribution in [2.75, 3.05) is 20.2 Å². The molecule has 0 atom stereocenters. The monoisotopic (exact) mass is 324 g/mol. The first-order valence-corrected chi connectivity index (χ1v) is 8.41. The third kappa shape index (κ3) is 3.95. The fourth-order valence-electron chi connectivity index (χ4n) is 2.95. The lowest BCUT2D eigenvalue weighted by molar-refractivity contribution is -0.122. The van der Waals surface area contributed by atoms with E-state index in [1.165, 1.54) is 18.4 Å². The van der Waals surface area contributed by atoms with E-state index in [1.54, 1.807) is 7.05 Å². The minimum Gasteiger partial charge on any atom is -0.483 e. The van der Waals surface area contributed by atoms with E-state index in [0.29, 0.717) is 5.41 Å². The number of amides is 1. The number of carbonyl (C=O) groups is 1. The maximum atomic E-state index is 11.4. The standard InChI is InChI=1S/C20H24N2O2/c1-21-19(23)14-24-18-10-6-5-7-16(18)13-22-15-20(11-12-20)17-8-3-2-4-9-17/h2-10,22H,11-15H2,1H3,(H,21,23). The Hall–Kier alpha value is -2.33. The molecule has 0 saturated heterocycles. The van der Waals surface area contributed by atoms with E-state index in [4.69, 9.17) is 4.74 Å². The number of hydrogen-bond acceptors (Lipinski definition) is 3. The first-order chi connectivity index (χ1) is 11.7. The third-order valence-corrected chi connectivity index (χ3v) is 4.63. The van der Waals surface area contributed by atoms with Gasteiger partial charge in [0.1, 0.15) is 5.75 Å². The Morgan fingerprint density at radius 3 is 2.50 bits per heavy atom. The van der Waals surface area contributed by atoms with Gasteiger partial charge in [-0.2, -0.15) is 0 Å². The van der Waals surface area contributed by atoms with E-state index in [1.807, 2.05) is 24.3 Å². The number of likely N-dealkylation sites (N-methyl/N-ethyl adjacent to an activating group) is 1. The molecule has 2 aromatic rings. The van der Waals surface area contributed by atoms with Crippen LogP contribution in [-0.2, 0) is 16.8 Å². The van der Waals surface area contributed by atoms with Gasteiger partial charge in [-0.25, -0.2) is 0 Å². The molecule has 0 bridgehead atoms. The van der Waals surface area contributed by atoms with Crippen molar-refractivity contribution in [1.82, 2.24) is 10.6 Å². The zero-order valence-electron chi connectivity index (χ0n) is 14.0. The Morgan fingerprint density at radius 2 is 1.79 bits per heavy atom. The summed E-state index contributed by atoms with van der Waals surface area (Å²) < 4.78 is 5.62. The molecule has 1 aliphatic rings. The summed E-state index contributed by atoms with van der Waals surface area (Å²) in [4.78, 5) is 11.4. The summed E-state index contributed by atoms with van der Waals surface area (Å²) in [5.41, 5.74) is 2.78. The van der Waals surface area contributed by atoms with Crippen LogP contribution in [0.4, 0.5) is 0 Å². The summed E-state index contributed by atoms with van der Waals surface area (Å²) in [5.74, 6) is 0.636. The number of hydrogen-bond donors (Lipinski definition) is 2. The normalized spacial score (nSPS) is 14.9. The molecule has 2 N–H and O–H groups in total. The van der Waals surface area contributed by atoms with Gasteiger partial charge in [-0.15, -0.1) is 0 Å². The average molecular weight is 324 g/mol. The van der Waals surface area contributed by atoms with E-state index in [0.717, 1.165) is 24.4 Å². The van der Waals surface area contributed by atoms with E-state index in [2.05, 4.69) is 41.0 Å². The molecule has 1 amide bonds. The van der Waals surface area contributed by atoms with Gasteiger partial charge in [0.25, 0.3) is 5.91 Å². The van der Waals surface area contributed by atoms with Gasteiger partial charge in [0, 0.05) is 31.1 Å². The highest BCUT2D eigenvalue weighted by Crippen LogP contribution is 2.47. The molecule has 126 valence electrons. The second kappa shape index (κ2) is 7.49. The third-order valence-electron chi connectivity index (χ3n) is 4.63. The number of nitrogens with one attached hydrogen (secondary N) is 2. The van der Waals surface area contributed by atoms with Gasteiger partial charge >= 0.3 is 0 Å². The van der Waals surface area contributed by atoms with E-state index < -0.39 is 0 Å². The van der Waals surface area contributed by atoms with Crippen molar-refractivity contribution in [2.24, 2.45) is 0 Å². The predicted octanol–water partition coefficient (Wildman–Crippen LogP) is 2.63. The summed E-state index contributed by atoms with van der Waals surface area (Å²) in [6.45, 7) is 1.74. The van der Waals surface area contributed by atoms with Gasteiger partial charge in [0.2, 0.25) is 0 Å². The molecular formula is C20H24N2O2. The molecule has 0 spiro atoms. The predicted molar refractivity (Wildman–Crippen MR) is 95.1 cm³/mol. The summed E-state index contributed by atoms with van der Waals surface area (Å²) in [7, 11) is 1.61. The molecule has 1 fully saturated rings. The Bertz CT molecular complexity index is 681. The van der Waals surface area contributed by atoms with Crippen molar-refractivity contribution >= 4 is 5.91 Å². The van der Waals surface area contributed by atoms with Crippen LogP contribution in [0.3, 0.4) is 0 Å². The Balaban J connectivity index is 1.56. The molecule has 0 aliphatic heterocycles. The summed E-state index contributed by atoms with van der Waals surface area (Å²) in [6.07, 6.45) is 2.47. The first-order valence-electron chi connectivity index (χ1n) is 8.41. The summed E-state index contributed by atoms with van der Waals surface area (Å²) in [6, 6.07) is 18.6. The molecule has 0 unspecified atom stereocenters. The van der Waals surface area contributed by atoms with Crippen LogP contribution in [0.1, 0.15) is 24.0 Å². The lowest BCUT2D eigenvalue weighted by atomic mass is 9.96. The van der Waals surface area contributed by atoms with Gasteiger partial charge in [-0.05, 0) is 24.5 Å². The van der Waals surface area contributed by atoms with Crippen LogP contribution < -0.4 is 15.4 Å². The highest BCUT2D eigenvalue weighted by Gasteiger charge is 2.43. The van der Waals surface area contributed by atoms with E-state index in [-0.39, 0.29) is 12.5 Å². The second-order valence-corrected chi connectivity index (χ2v) is 6.32. The van der Waals surface area contributed by atoms with Crippen LogP contribution in [0, 0.1) is 0 Å². The van der Waals surface area contributed by atoms with Gasteiger partial charge in [0.15, 0.2) is 6.61 Å². The molecule has 4 nitrogen and oxygen atoms in total. The highest BCUT2D eigenvalue weighted by molar-refractivity contribution is 5.77. The highest BCUT2D eigenvalue weighted by atomic mass is 16.5. The maximum absolute atomic E-state index is 11.4. The Morgan fingerprint density at radius 1 is 1.08 bits per heavy atom. The number of carbonyl (C=O) groups excluding carboxylic acids is 1.